The van der Waals surface area contributed by atoms with Crippen LogP contribution >= 0.6 is 0 Å². The summed E-state index contributed by atoms with van der Waals surface area (Å²) in [5, 5.41) is 0. The predicted octanol–water partition coefficient (Wildman–Crippen LogP) is 8.65. The van der Waals surface area contributed by atoms with Crippen LogP contribution < -0.4 is 5.46 Å². The lowest BCUT2D eigenvalue weighted by atomic mass is 9.77. The molecule has 0 aromatic heterocycles. The molecule has 5 aromatic carbocycles. The molecule has 0 aliphatic carbocycles. The molecular formula is C36H33BO2. The molecule has 3 heteroatoms. The van der Waals surface area contributed by atoms with Crippen LogP contribution in [-0.2, 0) is 9.31 Å². The average molecular weight is 508 g/mol. The zero-order valence-electron chi connectivity index (χ0n) is 23.0. The molecule has 0 radical (unpaired) electrons. The largest absolute Gasteiger partial charge is 0.494 e. The molecule has 1 aliphatic rings. The third kappa shape index (κ3) is 5.08. The van der Waals surface area contributed by atoms with Crippen LogP contribution in [0.4, 0.5) is 0 Å². The minimum Gasteiger partial charge on any atom is -0.399 e. The second-order valence-electron chi connectivity index (χ2n) is 11.3. The van der Waals surface area contributed by atoms with Gasteiger partial charge >= 0.3 is 7.12 Å². The van der Waals surface area contributed by atoms with E-state index in [1.807, 2.05) is 0 Å². The van der Waals surface area contributed by atoms with Gasteiger partial charge in [-0.25, -0.2) is 0 Å². The fourth-order valence-corrected chi connectivity index (χ4v) is 5.09. The summed E-state index contributed by atoms with van der Waals surface area (Å²) in [5.74, 6) is 0. The Balaban J connectivity index is 1.41. The van der Waals surface area contributed by atoms with Crippen LogP contribution in [0.2, 0.25) is 0 Å². The van der Waals surface area contributed by atoms with E-state index in [1.165, 1.54) is 33.4 Å². The summed E-state index contributed by atoms with van der Waals surface area (Å²) >= 11 is 0. The summed E-state index contributed by atoms with van der Waals surface area (Å²) in [4.78, 5) is 0. The van der Waals surface area contributed by atoms with Crippen LogP contribution in [0.15, 0.2) is 127 Å². The highest BCUT2D eigenvalue weighted by Crippen LogP contribution is 2.37. The van der Waals surface area contributed by atoms with E-state index >= 15 is 0 Å². The molecule has 1 fully saturated rings. The van der Waals surface area contributed by atoms with Gasteiger partial charge in [0.25, 0.3) is 0 Å². The summed E-state index contributed by atoms with van der Waals surface area (Å²) in [7, 11) is -0.391. The molecule has 192 valence electrons. The van der Waals surface area contributed by atoms with E-state index in [1.54, 1.807) is 0 Å². The lowest BCUT2D eigenvalue weighted by molar-refractivity contribution is 0.00578. The van der Waals surface area contributed by atoms with Crippen molar-refractivity contribution >= 4 is 12.6 Å². The van der Waals surface area contributed by atoms with Gasteiger partial charge in [-0.2, -0.15) is 0 Å². The van der Waals surface area contributed by atoms with Crippen molar-refractivity contribution in [2.24, 2.45) is 0 Å². The van der Waals surface area contributed by atoms with Crippen molar-refractivity contribution < 1.29 is 9.31 Å². The van der Waals surface area contributed by atoms with Crippen LogP contribution in [0.5, 0.6) is 0 Å². The molecule has 39 heavy (non-hydrogen) atoms. The molecular weight excluding hydrogens is 475 g/mol. The van der Waals surface area contributed by atoms with E-state index < -0.39 is 7.12 Å². The second-order valence-corrected chi connectivity index (χ2v) is 11.3. The zero-order chi connectivity index (χ0) is 27.0. The molecule has 0 amide bonds. The van der Waals surface area contributed by atoms with E-state index in [4.69, 9.17) is 9.31 Å². The summed E-state index contributed by atoms with van der Waals surface area (Å²) in [6.07, 6.45) is 0. The topological polar surface area (TPSA) is 18.5 Å². The van der Waals surface area contributed by atoms with E-state index in [0.717, 1.165) is 16.6 Å². The Hall–Kier alpha value is -3.92. The van der Waals surface area contributed by atoms with Crippen molar-refractivity contribution in [3.63, 3.8) is 0 Å². The van der Waals surface area contributed by atoms with Crippen LogP contribution in [0.3, 0.4) is 0 Å². The standard InChI is InChI=1S/C36H33BO2/c1-35(2)36(3,4)39-37(38-35)34-17-11-16-30(25-34)33-23-31(27-14-9-6-10-15-27)22-32(24-33)29-20-18-28(19-21-29)26-12-7-5-8-13-26/h5-25H,1-4H3. The quantitative estimate of drug-likeness (QED) is 0.221. The van der Waals surface area contributed by atoms with Crippen molar-refractivity contribution in [2.45, 2.75) is 38.9 Å². The molecule has 2 nitrogen and oxygen atoms in total. The minimum atomic E-state index is -0.391. The summed E-state index contributed by atoms with van der Waals surface area (Å²) < 4.78 is 12.7. The second kappa shape index (κ2) is 10.00. The van der Waals surface area contributed by atoms with Gasteiger partial charge in [-0.1, -0.05) is 109 Å². The lowest BCUT2D eigenvalue weighted by Gasteiger charge is -2.32. The van der Waals surface area contributed by atoms with Gasteiger partial charge in [0.05, 0.1) is 11.2 Å². The fourth-order valence-electron chi connectivity index (χ4n) is 5.09. The van der Waals surface area contributed by atoms with Gasteiger partial charge in [-0.15, -0.1) is 0 Å². The number of hydrogen-bond acceptors (Lipinski definition) is 2. The molecule has 0 bridgehead atoms. The Morgan fingerprint density at radius 1 is 0.385 bits per heavy atom. The Bertz CT molecular complexity index is 1570. The minimum absolute atomic E-state index is 0.375. The molecule has 0 atom stereocenters. The summed E-state index contributed by atoms with van der Waals surface area (Å²) in [5.41, 5.74) is 9.79. The molecule has 6 rings (SSSR count). The van der Waals surface area contributed by atoms with Gasteiger partial charge in [-0.05, 0) is 95.9 Å². The van der Waals surface area contributed by atoms with E-state index in [9.17, 15) is 0 Å². The van der Waals surface area contributed by atoms with Crippen LogP contribution in [0.1, 0.15) is 27.7 Å². The summed E-state index contributed by atoms with van der Waals surface area (Å²) in [6.45, 7) is 8.37. The zero-order valence-corrected chi connectivity index (χ0v) is 23.0. The number of benzene rings is 5. The maximum atomic E-state index is 6.35. The Morgan fingerprint density at radius 3 is 1.28 bits per heavy atom. The molecule has 1 aliphatic heterocycles. The fraction of sp³-hybridized carbons (Fsp3) is 0.167. The van der Waals surface area contributed by atoms with Crippen molar-refractivity contribution in [3.8, 4) is 44.5 Å². The predicted molar refractivity (Wildman–Crippen MR) is 164 cm³/mol. The first-order valence-corrected chi connectivity index (χ1v) is 13.6. The van der Waals surface area contributed by atoms with Crippen molar-refractivity contribution in [3.05, 3.63) is 127 Å². The molecule has 5 aromatic rings. The maximum absolute atomic E-state index is 6.35. The molecule has 0 saturated carbocycles. The first kappa shape index (κ1) is 25.4. The number of rotatable bonds is 5. The van der Waals surface area contributed by atoms with Gasteiger partial charge in [0.1, 0.15) is 0 Å². The highest BCUT2D eigenvalue weighted by Gasteiger charge is 2.51. The first-order valence-electron chi connectivity index (χ1n) is 13.6. The third-order valence-corrected chi connectivity index (χ3v) is 8.11. The Labute approximate surface area is 232 Å². The average Bonchev–Trinajstić information content (AvgIpc) is 3.20. The molecule has 1 saturated heterocycles. The van der Waals surface area contributed by atoms with Gasteiger partial charge in [0, 0.05) is 0 Å². The maximum Gasteiger partial charge on any atom is 0.494 e. The highest BCUT2D eigenvalue weighted by atomic mass is 16.7. The van der Waals surface area contributed by atoms with Gasteiger partial charge in [-0.3, -0.25) is 0 Å². The van der Waals surface area contributed by atoms with E-state index in [-0.39, 0.29) is 11.2 Å². The highest BCUT2D eigenvalue weighted by molar-refractivity contribution is 6.62. The molecule has 0 spiro atoms. The van der Waals surface area contributed by atoms with Gasteiger partial charge < -0.3 is 9.31 Å². The van der Waals surface area contributed by atoms with E-state index in [2.05, 4.69) is 155 Å². The van der Waals surface area contributed by atoms with Crippen LogP contribution in [-0.4, -0.2) is 18.3 Å². The Kier molecular flexibility index (Phi) is 6.50. The van der Waals surface area contributed by atoms with Crippen molar-refractivity contribution in [1.82, 2.24) is 0 Å². The number of hydrogen-bond donors (Lipinski definition) is 0. The monoisotopic (exact) mass is 508 g/mol. The van der Waals surface area contributed by atoms with Crippen LogP contribution in [0, 0.1) is 0 Å². The summed E-state index contributed by atoms with van der Waals surface area (Å²) in [6, 6.07) is 45.4. The lowest BCUT2D eigenvalue weighted by Crippen LogP contribution is -2.41. The van der Waals surface area contributed by atoms with Crippen molar-refractivity contribution in [2.75, 3.05) is 0 Å². The molecule has 1 heterocycles. The normalized spacial score (nSPS) is 15.8. The van der Waals surface area contributed by atoms with E-state index in [0.29, 0.717) is 0 Å². The SMILES string of the molecule is CC1(C)OB(c2cccc(-c3cc(-c4ccccc4)cc(-c4ccc(-c5ccccc5)cc4)c3)c2)OC1(C)C. The van der Waals surface area contributed by atoms with Gasteiger partial charge in [0.2, 0.25) is 0 Å². The first-order chi connectivity index (χ1) is 18.8. The Morgan fingerprint density at radius 2 is 0.769 bits per heavy atom. The van der Waals surface area contributed by atoms with Gasteiger partial charge in [0.15, 0.2) is 0 Å². The molecule has 0 N–H and O–H groups in total. The van der Waals surface area contributed by atoms with Crippen molar-refractivity contribution in [1.29, 1.82) is 0 Å². The van der Waals surface area contributed by atoms with Crippen LogP contribution in [0.25, 0.3) is 44.5 Å². The smallest absolute Gasteiger partial charge is 0.399 e. The third-order valence-electron chi connectivity index (χ3n) is 8.11. The molecule has 0 unspecified atom stereocenters.